The highest BCUT2D eigenvalue weighted by molar-refractivity contribution is 5.76. The number of nitrogens with one attached hydrogen (secondary N) is 1. The van der Waals surface area contributed by atoms with Gasteiger partial charge in [0.1, 0.15) is 0 Å². The third-order valence-electron chi connectivity index (χ3n) is 11.3. The summed E-state index contributed by atoms with van der Waals surface area (Å²) >= 11 is 0. The van der Waals surface area contributed by atoms with Gasteiger partial charge in [-0.2, -0.15) is 0 Å². The molecule has 3 unspecified atom stereocenters. The number of hydrogen-bond donors (Lipinski definition) is 4. The molecule has 0 fully saturated rings. The van der Waals surface area contributed by atoms with E-state index in [1.54, 1.807) is 0 Å². The van der Waals surface area contributed by atoms with E-state index >= 15 is 0 Å². The van der Waals surface area contributed by atoms with Crippen molar-refractivity contribution in [3.63, 3.8) is 0 Å². The van der Waals surface area contributed by atoms with Gasteiger partial charge in [0.25, 0.3) is 0 Å². The second-order valence-electron chi connectivity index (χ2n) is 16.7. The van der Waals surface area contributed by atoms with Crippen LogP contribution in [0, 0.1) is 0 Å². The molecule has 0 aliphatic rings. The molecule has 0 radical (unpaired) electrons. The minimum atomic E-state index is -0.748. The summed E-state index contributed by atoms with van der Waals surface area (Å²) in [5, 5.41) is 33.5. The summed E-state index contributed by atoms with van der Waals surface area (Å²) in [5.74, 6) is -0.283. The van der Waals surface area contributed by atoms with E-state index in [9.17, 15) is 20.1 Å². The van der Waals surface area contributed by atoms with Gasteiger partial charge in [-0.05, 0) is 38.5 Å². The molecule has 53 heavy (non-hydrogen) atoms. The molecule has 0 saturated carbocycles. The molecular weight excluding hydrogens is 655 g/mol. The van der Waals surface area contributed by atoms with E-state index in [4.69, 9.17) is 0 Å². The highest BCUT2D eigenvalue weighted by atomic mass is 16.3. The quantitative estimate of drug-likeness (QED) is 0.0369. The summed E-state index contributed by atoms with van der Waals surface area (Å²) in [6.45, 7) is 4.28. The number of allylic oxidation sites excluding steroid dienone is 2. The van der Waals surface area contributed by atoms with Crippen molar-refractivity contribution in [2.75, 3.05) is 6.61 Å². The van der Waals surface area contributed by atoms with E-state index < -0.39 is 18.2 Å². The van der Waals surface area contributed by atoms with Crippen LogP contribution in [-0.2, 0) is 4.79 Å². The van der Waals surface area contributed by atoms with Crippen molar-refractivity contribution >= 4 is 5.91 Å². The maximum atomic E-state index is 12.5. The maximum absolute atomic E-state index is 12.5. The summed E-state index contributed by atoms with van der Waals surface area (Å²) in [5.41, 5.74) is 0. The van der Waals surface area contributed by atoms with Crippen LogP contribution in [0.1, 0.15) is 264 Å². The van der Waals surface area contributed by atoms with Gasteiger partial charge in [0.05, 0.1) is 31.3 Å². The molecule has 1 amide bonds. The Kier molecular flexibility index (Phi) is 43.1. The Morgan fingerprint density at radius 2 is 0.755 bits per heavy atom. The van der Waals surface area contributed by atoms with Crippen LogP contribution in [0.15, 0.2) is 12.2 Å². The standard InChI is InChI=1S/C48H95NO4/c1-3-5-7-9-11-13-15-17-19-21-22-23-24-25-26-27-29-31-33-35-37-39-41-45(51)43-48(53)49-46(44-50)47(52)42-40-38-36-34-32-30-28-20-18-16-14-12-10-8-6-4-2/h25-26,45-47,50-52H,3-24,27-44H2,1-2H3,(H,49,53)/b26-25-. The Bertz CT molecular complexity index is 743. The molecule has 0 aromatic rings. The van der Waals surface area contributed by atoms with Crippen molar-refractivity contribution in [1.82, 2.24) is 5.32 Å². The van der Waals surface area contributed by atoms with Gasteiger partial charge in [-0.25, -0.2) is 0 Å². The van der Waals surface area contributed by atoms with Crippen molar-refractivity contribution in [2.24, 2.45) is 0 Å². The normalized spacial score (nSPS) is 13.5. The first-order valence-electron chi connectivity index (χ1n) is 24.0. The molecule has 4 N–H and O–H groups in total. The number of amides is 1. The largest absolute Gasteiger partial charge is 0.394 e. The fourth-order valence-corrected chi connectivity index (χ4v) is 7.64. The summed E-state index contributed by atoms with van der Waals surface area (Å²) in [6.07, 6.45) is 51.9. The molecule has 5 heteroatoms. The van der Waals surface area contributed by atoms with Crippen molar-refractivity contribution in [1.29, 1.82) is 0 Å². The minimum Gasteiger partial charge on any atom is -0.394 e. The van der Waals surface area contributed by atoms with Gasteiger partial charge in [0.2, 0.25) is 5.91 Å². The molecule has 0 aromatic carbocycles. The van der Waals surface area contributed by atoms with E-state index in [2.05, 4.69) is 31.3 Å². The van der Waals surface area contributed by atoms with Gasteiger partial charge in [-0.1, -0.05) is 231 Å². The predicted molar refractivity (Wildman–Crippen MR) is 232 cm³/mol. The van der Waals surface area contributed by atoms with Crippen molar-refractivity contribution in [2.45, 2.75) is 283 Å². The van der Waals surface area contributed by atoms with Crippen LogP contribution in [0.2, 0.25) is 0 Å². The lowest BCUT2D eigenvalue weighted by Gasteiger charge is -2.23. The molecular formula is C48H95NO4. The topological polar surface area (TPSA) is 89.8 Å². The summed E-state index contributed by atoms with van der Waals surface area (Å²) in [4.78, 5) is 12.5. The van der Waals surface area contributed by atoms with Crippen molar-refractivity contribution < 1.29 is 20.1 Å². The third kappa shape index (κ3) is 40.6. The second-order valence-corrected chi connectivity index (χ2v) is 16.7. The third-order valence-corrected chi connectivity index (χ3v) is 11.3. The highest BCUT2D eigenvalue weighted by Gasteiger charge is 2.21. The maximum Gasteiger partial charge on any atom is 0.222 e. The van der Waals surface area contributed by atoms with Crippen molar-refractivity contribution in [3.8, 4) is 0 Å². The van der Waals surface area contributed by atoms with E-state index in [0.29, 0.717) is 12.8 Å². The molecule has 0 saturated heterocycles. The van der Waals surface area contributed by atoms with Gasteiger partial charge in [0, 0.05) is 0 Å². The molecule has 3 atom stereocenters. The first-order chi connectivity index (χ1) is 26.0. The molecule has 0 aromatic heterocycles. The molecule has 0 bridgehead atoms. The van der Waals surface area contributed by atoms with E-state index in [1.165, 1.54) is 205 Å². The zero-order chi connectivity index (χ0) is 38.7. The summed E-state index contributed by atoms with van der Waals surface area (Å²) in [6, 6.07) is -0.657. The number of carbonyl (C=O) groups excluding carboxylic acids is 1. The number of aliphatic hydroxyl groups excluding tert-OH is 3. The lowest BCUT2D eigenvalue weighted by atomic mass is 10.0. The molecule has 0 spiro atoms. The monoisotopic (exact) mass is 750 g/mol. The average Bonchev–Trinajstić information content (AvgIpc) is 3.15. The van der Waals surface area contributed by atoms with Gasteiger partial charge in [0.15, 0.2) is 0 Å². The van der Waals surface area contributed by atoms with Crippen LogP contribution in [0.3, 0.4) is 0 Å². The van der Waals surface area contributed by atoms with Crippen molar-refractivity contribution in [3.05, 3.63) is 12.2 Å². The Morgan fingerprint density at radius 3 is 1.09 bits per heavy atom. The zero-order valence-electron chi connectivity index (χ0n) is 35.9. The smallest absolute Gasteiger partial charge is 0.222 e. The SMILES string of the molecule is CCCCCCCCCCCCCC/C=C\CCCCCCCCC(O)CC(=O)NC(CO)C(O)CCCCCCCCCCCCCCCCCC. The molecule has 0 heterocycles. The minimum absolute atomic E-state index is 0.0356. The number of carbonyl (C=O) groups is 1. The molecule has 0 rings (SSSR count). The van der Waals surface area contributed by atoms with Crippen LogP contribution in [0.25, 0.3) is 0 Å². The number of aliphatic hydroxyl groups is 3. The Hall–Kier alpha value is -0.910. The lowest BCUT2D eigenvalue weighted by Crippen LogP contribution is -2.46. The van der Waals surface area contributed by atoms with E-state index in [0.717, 1.165) is 25.7 Å². The molecule has 316 valence electrons. The zero-order valence-corrected chi connectivity index (χ0v) is 35.9. The van der Waals surface area contributed by atoms with Gasteiger partial charge < -0.3 is 20.6 Å². The van der Waals surface area contributed by atoms with Crippen LogP contribution in [0.4, 0.5) is 0 Å². The van der Waals surface area contributed by atoms with Crippen LogP contribution >= 0.6 is 0 Å². The number of unbranched alkanes of at least 4 members (excludes halogenated alkanes) is 33. The number of rotatable bonds is 44. The Morgan fingerprint density at radius 1 is 0.453 bits per heavy atom. The molecule has 5 nitrogen and oxygen atoms in total. The predicted octanol–water partition coefficient (Wildman–Crippen LogP) is 14.0. The Labute approximate surface area is 331 Å². The summed E-state index contributed by atoms with van der Waals surface area (Å²) < 4.78 is 0. The van der Waals surface area contributed by atoms with Crippen LogP contribution in [-0.4, -0.2) is 46.1 Å². The lowest BCUT2D eigenvalue weighted by molar-refractivity contribution is -0.125. The molecule has 0 aliphatic heterocycles. The fourth-order valence-electron chi connectivity index (χ4n) is 7.64. The number of hydrogen-bond acceptors (Lipinski definition) is 4. The first-order valence-corrected chi connectivity index (χ1v) is 24.0. The van der Waals surface area contributed by atoms with Crippen LogP contribution < -0.4 is 5.32 Å². The molecule has 0 aliphatic carbocycles. The van der Waals surface area contributed by atoms with Gasteiger partial charge >= 0.3 is 0 Å². The highest BCUT2D eigenvalue weighted by Crippen LogP contribution is 2.17. The van der Waals surface area contributed by atoms with Gasteiger partial charge in [-0.3, -0.25) is 4.79 Å². The summed E-state index contributed by atoms with van der Waals surface area (Å²) in [7, 11) is 0. The van der Waals surface area contributed by atoms with Crippen LogP contribution in [0.5, 0.6) is 0 Å². The Balaban J connectivity index is 3.58. The fraction of sp³-hybridized carbons (Fsp3) is 0.938. The first kappa shape index (κ1) is 52.1. The second kappa shape index (κ2) is 43.8. The van der Waals surface area contributed by atoms with E-state index in [1.807, 2.05) is 0 Å². The van der Waals surface area contributed by atoms with E-state index in [-0.39, 0.29) is 18.9 Å². The van der Waals surface area contributed by atoms with Gasteiger partial charge in [-0.15, -0.1) is 0 Å². The average molecular weight is 750 g/mol.